The molecule has 0 aliphatic heterocycles. The molecule has 5 heteroatoms. The monoisotopic (exact) mass is 238 g/mol. The Morgan fingerprint density at radius 3 is 2.41 bits per heavy atom. The van der Waals surface area contributed by atoms with Crippen LogP contribution in [0.4, 0.5) is 4.79 Å². The first-order valence-electron chi connectivity index (χ1n) is 5.59. The van der Waals surface area contributed by atoms with Gasteiger partial charge in [0.2, 0.25) is 0 Å². The number of benzene rings is 1. The van der Waals surface area contributed by atoms with Crippen LogP contribution in [-0.4, -0.2) is 32.8 Å². The van der Waals surface area contributed by atoms with Gasteiger partial charge in [0, 0.05) is 13.1 Å². The van der Waals surface area contributed by atoms with Crippen LogP contribution in [0.1, 0.15) is 6.92 Å². The van der Waals surface area contributed by atoms with Crippen molar-refractivity contribution in [1.29, 1.82) is 0 Å². The zero-order chi connectivity index (χ0) is 12.5. The van der Waals surface area contributed by atoms with E-state index in [1.165, 1.54) is 0 Å². The highest BCUT2D eigenvalue weighted by Crippen LogP contribution is 2.17. The molecule has 0 heterocycles. The third-order valence-electron chi connectivity index (χ3n) is 1.99. The summed E-state index contributed by atoms with van der Waals surface area (Å²) in [5.74, 6) is 1.26. The van der Waals surface area contributed by atoms with Gasteiger partial charge in [-0.3, -0.25) is 0 Å². The average molecular weight is 238 g/mol. The molecule has 0 radical (unpaired) electrons. The van der Waals surface area contributed by atoms with Crippen LogP contribution < -0.4 is 20.1 Å². The molecule has 0 saturated heterocycles. The maximum atomic E-state index is 11.3. The number of hydrogen-bond donors (Lipinski definition) is 2. The molecule has 0 saturated carbocycles. The Hall–Kier alpha value is -1.75. The van der Waals surface area contributed by atoms with Crippen LogP contribution >= 0.6 is 0 Å². The first kappa shape index (κ1) is 13.3. The second-order valence-electron chi connectivity index (χ2n) is 3.32. The van der Waals surface area contributed by atoms with Crippen molar-refractivity contribution in [1.82, 2.24) is 10.6 Å². The second kappa shape index (κ2) is 7.51. The van der Waals surface area contributed by atoms with E-state index in [0.717, 1.165) is 5.75 Å². The molecule has 0 aliphatic carbocycles. The van der Waals surface area contributed by atoms with E-state index in [1.54, 1.807) is 24.3 Å². The van der Waals surface area contributed by atoms with Crippen molar-refractivity contribution >= 4 is 6.09 Å². The van der Waals surface area contributed by atoms with Crippen molar-refractivity contribution in [2.75, 3.05) is 26.7 Å². The lowest BCUT2D eigenvalue weighted by Gasteiger charge is -2.07. The fraction of sp³-hybridized carbons (Fsp3) is 0.417. The highest BCUT2D eigenvalue weighted by atomic mass is 16.6. The summed E-state index contributed by atoms with van der Waals surface area (Å²) in [6, 6.07) is 6.92. The predicted octanol–water partition coefficient (Wildman–Crippen LogP) is 1.39. The molecule has 0 unspecified atom stereocenters. The lowest BCUT2D eigenvalue weighted by Crippen LogP contribution is -2.32. The summed E-state index contributed by atoms with van der Waals surface area (Å²) in [7, 11) is 1.82. The Bertz CT molecular complexity index is 338. The molecule has 0 atom stereocenters. The van der Waals surface area contributed by atoms with Crippen LogP contribution in [0, 0.1) is 0 Å². The Balaban J connectivity index is 2.37. The zero-order valence-electron chi connectivity index (χ0n) is 10.2. The van der Waals surface area contributed by atoms with Gasteiger partial charge in [-0.1, -0.05) is 0 Å². The highest BCUT2D eigenvalue weighted by molar-refractivity contribution is 5.70. The normalized spacial score (nSPS) is 9.76. The lowest BCUT2D eigenvalue weighted by atomic mass is 10.3. The van der Waals surface area contributed by atoms with Crippen molar-refractivity contribution < 1.29 is 14.3 Å². The SMILES string of the molecule is CCOc1ccc(OC(=O)NCCNC)cc1. The van der Waals surface area contributed by atoms with Crippen molar-refractivity contribution in [2.24, 2.45) is 0 Å². The number of carbonyl (C=O) groups is 1. The van der Waals surface area contributed by atoms with Gasteiger partial charge in [-0.2, -0.15) is 0 Å². The van der Waals surface area contributed by atoms with Gasteiger partial charge in [0.1, 0.15) is 11.5 Å². The number of likely N-dealkylation sites (N-methyl/N-ethyl adjacent to an activating group) is 1. The Morgan fingerprint density at radius 1 is 1.18 bits per heavy atom. The van der Waals surface area contributed by atoms with E-state index in [1.807, 2.05) is 14.0 Å². The molecule has 17 heavy (non-hydrogen) atoms. The summed E-state index contributed by atoms with van der Waals surface area (Å²) in [5, 5.41) is 5.54. The quantitative estimate of drug-likeness (QED) is 0.735. The van der Waals surface area contributed by atoms with Crippen molar-refractivity contribution in [3.05, 3.63) is 24.3 Å². The van der Waals surface area contributed by atoms with Crippen LogP contribution in [0.3, 0.4) is 0 Å². The van der Waals surface area contributed by atoms with E-state index in [4.69, 9.17) is 9.47 Å². The van der Waals surface area contributed by atoms with E-state index < -0.39 is 6.09 Å². The van der Waals surface area contributed by atoms with E-state index in [2.05, 4.69) is 10.6 Å². The molecule has 1 aromatic rings. The van der Waals surface area contributed by atoms with Gasteiger partial charge in [-0.25, -0.2) is 4.79 Å². The highest BCUT2D eigenvalue weighted by Gasteiger charge is 2.03. The molecule has 0 fully saturated rings. The zero-order valence-corrected chi connectivity index (χ0v) is 10.2. The molecule has 1 amide bonds. The molecule has 0 bridgehead atoms. The van der Waals surface area contributed by atoms with Gasteiger partial charge in [0.05, 0.1) is 6.61 Å². The Labute approximate surface area is 101 Å². The number of ether oxygens (including phenoxy) is 2. The summed E-state index contributed by atoms with van der Waals surface area (Å²) in [5.41, 5.74) is 0. The summed E-state index contributed by atoms with van der Waals surface area (Å²) >= 11 is 0. The number of carbonyl (C=O) groups excluding carboxylic acids is 1. The minimum atomic E-state index is -0.454. The molecule has 0 aromatic heterocycles. The summed E-state index contributed by atoms with van der Waals surface area (Å²) < 4.78 is 10.3. The van der Waals surface area contributed by atoms with Crippen molar-refractivity contribution in [3.8, 4) is 11.5 Å². The lowest BCUT2D eigenvalue weighted by molar-refractivity contribution is 0.200. The third kappa shape index (κ3) is 5.21. The van der Waals surface area contributed by atoms with Crippen LogP contribution in [0.2, 0.25) is 0 Å². The molecular formula is C12H18N2O3. The van der Waals surface area contributed by atoms with Gasteiger partial charge < -0.3 is 20.1 Å². The van der Waals surface area contributed by atoms with Gasteiger partial charge in [0.15, 0.2) is 0 Å². The Kier molecular flexibility index (Phi) is 5.88. The maximum Gasteiger partial charge on any atom is 0.412 e. The number of nitrogens with one attached hydrogen (secondary N) is 2. The molecule has 94 valence electrons. The van der Waals surface area contributed by atoms with Crippen LogP contribution in [-0.2, 0) is 0 Å². The minimum Gasteiger partial charge on any atom is -0.494 e. The summed E-state index contributed by atoms with van der Waals surface area (Å²) in [4.78, 5) is 11.3. The fourth-order valence-electron chi connectivity index (χ4n) is 1.20. The van der Waals surface area contributed by atoms with Crippen LogP contribution in [0.15, 0.2) is 24.3 Å². The molecule has 5 nitrogen and oxygen atoms in total. The van der Waals surface area contributed by atoms with Crippen LogP contribution in [0.25, 0.3) is 0 Å². The first-order chi connectivity index (χ1) is 8.26. The summed E-state index contributed by atoms with van der Waals surface area (Å²) in [6.45, 7) is 3.77. The number of hydrogen-bond acceptors (Lipinski definition) is 4. The minimum absolute atomic E-state index is 0.454. The predicted molar refractivity (Wildman–Crippen MR) is 65.6 cm³/mol. The van der Waals surface area contributed by atoms with E-state index >= 15 is 0 Å². The molecule has 1 aromatic carbocycles. The number of rotatable bonds is 6. The molecule has 0 aliphatic rings. The van der Waals surface area contributed by atoms with E-state index in [-0.39, 0.29) is 0 Å². The Morgan fingerprint density at radius 2 is 1.82 bits per heavy atom. The van der Waals surface area contributed by atoms with E-state index in [9.17, 15) is 4.79 Å². The number of amides is 1. The first-order valence-corrected chi connectivity index (χ1v) is 5.59. The average Bonchev–Trinajstić information content (AvgIpc) is 2.32. The van der Waals surface area contributed by atoms with Crippen molar-refractivity contribution in [3.63, 3.8) is 0 Å². The summed E-state index contributed by atoms with van der Waals surface area (Å²) in [6.07, 6.45) is -0.454. The maximum absolute atomic E-state index is 11.3. The largest absolute Gasteiger partial charge is 0.494 e. The van der Waals surface area contributed by atoms with Gasteiger partial charge >= 0.3 is 6.09 Å². The molecular weight excluding hydrogens is 220 g/mol. The molecule has 1 rings (SSSR count). The molecule has 2 N–H and O–H groups in total. The van der Waals surface area contributed by atoms with Gasteiger partial charge in [-0.05, 0) is 38.2 Å². The third-order valence-corrected chi connectivity index (χ3v) is 1.99. The second-order valence-corrected chi connectivity index (χ2v) is 3.32. The van der Waals surface area contributed by atoms with Gasteiger partial charge in [0.25, 0.3) is 0 Å². The van der Waals surface area contributed by atoms with Crippen LogP contribution in [0.5, 0.6) is 11.5 Å². The van der Waals surface area contributed by atoms with E-state index in [0.29, 0.717) is 25.4 Å². The fourth-order valence-corrected chi connectivity index (χ4v) is 1.20. The topological polar surface area (TPSA) is 59.6 Å². The standard InChI is InChI=1S/C12H18N2O3/c1-3-16-10-4-6-11(7-5-10)17-12(15)14-9-8-13-2/h4-7,13H,3,8-9H2,1-2H3,(H,14,15). The smallest absolute Gasteiger partial charge is 0.412 e. The van der Waals surface area contributed by atoms with Crippen molar-refractivity contribution in [2.45, 2.75) is 6.92 Å². The van der Waals surface area contributed by atoms with Gasteiger partial charge in [-0.15, -0.1) is 0 Å². The molecule has 0 spiro atoms.